The Balaban J connectivity index is 1.97. The fraction of sp³-hybridized carbons (Fsp3) is 0.222. The zero-order valence-corrected chi connectivity index (χ0v) is 12.8. The van der Waals surface area contributed by atoms with Gasteiger partial charge in [-0.05, 0) is 43.2 Å². The summed E-state index contributed by atoms with van der Waals surface area (Å²) in [7, 11) is 0. The Bertz CT molecular complexity index is 683. The molecule has 2 aromatic carbocycles. The number of halogens is 1. The summed E-state index contributed by atoms with van der Waals surface area (Å²) < 4.78 is 17.8. The van der Waals surface area contributed by atoms with Gasteiger partial charge >= 0.3 is 5.97 Å². The first-order valence-corrected chi connectivity index (χ1v) is 7.40. The number of anilines is 1. The number of hydrogen-bond donors (Lipinski definition) is 1. The third-order valence-electron chi connectivity index (χ3n) is 3.25. The summed E-state index contributed by atoms with van der Waals surface area (Å²) in [6.45, 7) is 1.99. The molecule has 0 atom stereocenters. The molecule has 0 aliphatic heterocycles. The highest BCUT2D eigenvalue weighted by atomic mass is 19.1. The van der Waals surface area contributed by atoms with E-state index >= 15 is 0 Å². The maximum absolute atomic E-state index is 12.8. The highest BCUT2D eigenvalue weighted by molar-refractivity contribution is 6.01. The van der Waals surface area contributed by atoms with E-state index < -0.39 is 5.97 Å². The number of rotatable bonds is 6. The van der Waals surface area contributed by atoms with E-state index in [4.69, 9.17) is 4.74 Å². The molecule has 5 heteroatoms. The number of para-hydroxylation sites is 1. The molecule has 2 rings (SSSR count). The van der Waals surface area contributed by atoms with Crippen molar-refractivity contribution in [3.05, 3.63) is 65.5 Å². The van der Waals surface area contributed by atoms with E-state index in [1.54, 1.807) is 43.3 Å². The largest absolute Gasteiger partial charge is 0.462 e. The van der Waals surface area contributed by atoms with Crippen LogP contribution in [0, 0.1) is 5.82 Å². The number of aryl methyl sites for hydroxylation is 1. The molecular formula is C18H18FNO3. The van der Waals surface area contributed by atoms with Crippen molar-refractivity contribution in [3.8, 4) is 0 Å². The number of carbonyl (C=O) groups excluding carboxylic acids is 2. The van der Waals surface area contributed by atoms with E-state index in [1.807, 2.05) is 0 Å². The van der Waals surface area contributed by atoms with Gasteiger partial charge in [-0.2, -0.15) is 0 Å². The van der Waals surface area contributed by atoms with Gasteiger partial charge in [-0.15, -0.1) is 0 Å². The zero-order valence-electron chi connectivity index (χ0n) is 12.8. The fourth-order valence-electron chi connectivity index (χ4n) is 2.10. The molecule has 0 saturated carbocycles. The maximum Gasteiger partial charge on any atom is 0.340 e. The summed E-state index contributed by atoms with van der Waals surface area (Å²) in [5, 5.41) is 2.72. The number of nitrogens with one attached hydrogen (secondary N) is 1. The zero-order chi connectivity index (χ0) is 16.7. The monoisotopic (exact) mass is 315 g/mol. The average Bonchev–Trinajstić information content (AvgIpc) is 2.55. The fourth-order valence-corrected chi connectivity index (χ4v) is 2.10. The van der Waals surface area contributed by atoms with Crippen molar-refractivity contribution in [3.63, 3.8) is 0 Å². The predicted octanol–water partition coefficient (Wildman–Crippen LogP) is 3.57. The molecule has 0 heterocycles. The molecule has 0 fully saturated rings. The van der Waals surface area contributed by atoms with Crippen LogP contribution in [0.15, 0.2) is 48.5 Å². The van der Waals surface area contributed by atoms with Gasteiger partial charge in [0, 0.05) is 6.42 Å². The minimum atomic E-state index is -0.470. The number of carbonyl (C=O) groups is 2. The Morgan fingerprint density at radius 3 is 2.48 bits per heavy atom. The Hall–Kier alpha value is -2.69. The number of ether oxygens (including phenoxy) is 1. The minimum Gasteiger partial charge on any atom is -0.462 e. The number of amides is 1. The Morgan fingerprint density at radius 1 is 1.09 bits per heavy atom. The molecule has 0 bridgehead atoms. The molecule has 0 radical (unpaired) electrons. The van der Waals surface area contributed by atoms with Crippen molar-refractivity contribution in [2.24, 2.45) is 0 Å². The third kappa shape index (κ3) is 4.92. The first-order chi connectivity index (χ1) is 11.1. The van der Waals surface area contributed by atoms with Crippen molar-refractivity contribution in [1.82, 2.24) is 0 Å². The molecule has 0 aromatic heterocycles. The molecule has 1 N–H and O–H groups in total. The molecule has 0 aliphatic rings. The SMILES string of the molecule is CCOC(=O)c1ccccc1NC(=O)CCc1ccc(F)cc1. The van der Waals surface area contributed by atoms with Crippen LogP contribution in [0.1, 0.15) is 29.3 Å². The first kappa shape index (κ1) is 16.7. The van der Waals surface area contributed by atoms with Gasteiger partial charge in [0.1, 0.15) is 5.82 Å². The molecular weight excluding hydrogens is 297 g/mol. The predicted molar refractivity (Wildman–Crippen MR) is 85.7 cm³/mol. The van der Waals surface area contributed by atoms with E-state index in [0.29, 0.717) is 17.7 Å². The highest BCUT2D eigenvalue weighted by Crippen LogP contribution is 2.17. The third-order valence-corrected chi connectivity index (χ3v) is 3.25. The van der Waals surface area contributed by atoms with Crippen LogP contribution in [0.5, 0.6) is 0 Å². The molecule has 0 saturated heterocycles. The first-order valence-electron chi connectivity index (χ1n) is 7.40. The van der Waals surface area contributed by atoms with Gasteiger partial charge in [0.25, 0.3) is 0 Å². The van der Waals surface area contributed by atoms with Gasteiger partial charge in [0.05, 0.1) is 17.9 Å². The smallest absolute Gasteiger partial charge is 0.340 e. The summed E-state index contributed by atoms with van der Waals surface area (Å²) in [6.07, 6.45) is 0.733. The molecule has 0 spiro atoms. The number of hydrogen-bond acceptors (Lipinski definition) is 3. The normalized spacial score (nSPS) is 10.2. The van der Waals surface area contributed by atoms with Gasteiger partial charge in [0.15, 0.2) is 0 Å². The minimum absolute atomic E-state index is 0.217. The van der Waals surface area contributed by atoms with Crippen molar-refractivity contribution in [2.75, 3.05) is 11.9 Å². The van der Waals surface area contributed by atoms with E-state index in [2.05, 4.69) is 5.32 Å². The van der Waals surface area contributed by atoms with Gasteiger partial charge in [0.2, 0.25) is 5.91 Å². The van der Waals surface area contributed by atoms with Crippen molar-refractivity contribution in [1.29, 1.82) is 0 Å². The topological polar surface area (TPSA) is 55.4 Å². The van der Waals surface area contributed by atoms with Gasteiger partial charge in [-0.3, -0.25) is 4.79 Å². The van der Waals surface area contributed by atoms with Crippen LogP contribution >= 0.6 is 0 Å². The number of esters is 1. The molecule has 0 unspecified atom stereocenters. The van der Waals surface area contributed by atoms with E-state index in [1.165, 1.54) is 12.1 Å². The quantitative estimate of drug-likeness (QED) is 0.829. The highest BCUT2D eigenvalue weighted by Gasteiger charge is 2.13. The summed E-state index contributed by atoms with van der Waals surface area (Å²) >= 11 is 0. The molecule has 1 amide bonds. The second-order valence-corrected chi connectivity index (χ2v) is 4.94. The lowest BCUT2D eigenvalue weighted by Gasteiger charge is -2.10. The van der Waals surface area contributed by atoms with Gasteiger partial charge in [-0.25, -0.2) is 9.18 Å². The summed E-state index contributed by atoms with van der Waals surface area (Å²) in [4.78, 5) is 23.9. The summed E-state index contributed by atoms with van der Waals surface area (Å²) in [5.41, 5.74) is 1.62. The standard InChI is InChI=1S/C18H18FNO3/c1-2-23-18(22)15-5-3-4-6-16(15)20-17(21)12-9-13-7-10-14(19)11-8-13/h3-8,10-11H,2,9,12H2,1H3,(H,20,21). The summed E-state index contributed by atoms with van der Waals surface area (Å²) in [6, 6.07) is 12.7. The van der Waals surface area contributed by atoms with E-state index in [0.717, 1.165) is 5.56 Å². The van der Waals surface area contributed by atoms with Crippen LogP contribution in [0.2, 0.25) is 0 Å². The van der Waals surface area contributed by atoms with Gasteiger partial charge in [-0.1, -0.05) is 24.3 Å². The Kier molecular flexibility index (Phi) is 5.86. The van der Waals surface area contributed by atoms with Crippen molar-refractivity contribution < 1.29 is 18.7 Å². The van der Waals surface area contributed by atoms with Crippen LogP contribution in [0.25, 0.3) is 0 Å². The van der Waals surface area contributed by atoms with Crippen molar-refractivity contribution >= 4 is 17.6 Å². The van der Waals surface area contributed by atoms with Crippen LogP contribution in [0.4, 0.5) is 10.1 Å². The Morgan fingerprint density at radius 2 is 1.78 bits per heavy atom. The average molecular weight is 315 g/mol. The number of benzene rings is 2. The van der Waals surface area contributed by atoms with Crippen molar-refractivity contribution in [2.45, 2.75) is 19.8 Å². The molecule has 0 aliphatic carbocycles. The molecule has 2 aromatic rings. The van der Waals surface area contributed by atoms with E-state index in [9.17, 15) is 14.0 Å². The van der Waals surface area contributed by atoms with E-state index in [-0.39, 0.29) is 24.8 Å². The van der Waals surface area contributed by atoms with Crippen LogP contribution in [-0.4, -0.2) is 18.5 Å². The maximum atomic E-state index is 12.8. The molecule has 4 nitrogen and oxygen atoms in total. The van der Waals surface area contributed by atoms with Crippen LogP contribution in [-0.2, 0) is 16.0 Å². The molecule has 23 heavy (non-hydrogen) atoms. The second kappa shape index (κ2) is 8.08. The Labute approximate surface area is 134 Å². The van der Waals surface area contributed by atoms with Crippen LogP contribution < -0.4 is 5.32 Å². The molecule has 120 valence electrons. The lowest BCUT2D eigenvalue weighted by Crippen LogP contribution is -2.16. The lowest BCUT2D eigenvalue weighted by molar-refractivity contribution is -0.116. The summed E-state index contributed by atoms with van der Waals surface area (Å²) in [5.74, 6) is -0.991. The van der Waals surface area contributed by atoms with Gasteiger partial charge < -0.3 is 10.1 Å². The van der Waals surface area contributed by atoms with Crippen LogP contribution in [0.3, 0.4) is 0 Å². The lowest BCUT2D eigenvalue weighted by atomic mass is 10.1. The second-order valence-electron chi connectivity index (χ2n) is 4.94.